The first-order valence-corrected chi connectivity index (χ1v) is 9.47. The Hall–Kier alpha value is -3.08. The van der Waals surface area contributed by atoms with Crippen LogP contribution in [-0.4, -0.2) is 37.8 Å². The number of thioether (sulfide) groups is 1. The van der Waals surface area contributed by atoms with Gasteiger partial charge in [-0.05, 0) is 25.1 Å². The van der Waals surface area contributed by atoms with Gasteiger partial charge in [0.05, 0.1) is 5.75 Å². The second-order valence-corrected chi connectivity index (χ2v) is 6.63. The van der Waals surface area contributed by atoms with Gasteiger partial charge in [0, 0.05) is 30.1 Å². The fourth-order valence-corrected chi connectivity index (χ4v) is 3.27. The first-order valence-electron chi connectivity index (χ1n) is 8.49. The van der Waals surface area contributed by atoms with Crippen molar-refractivity contribution in [2.24, 2.45) is 0 Å². The van der Waals surface area contributed by atoms with Crippen molar-refractivity contribution < 1.29 is 22.7 Å². The number of hydrogen-bond donors (Lipinski definition) is 1. The molecule has 0 atom stereocenters. The van der Waals surface area contributed by atoms with E-state index in [1.54, 1.807) is 16.7 Å². The third-order valence-electron chi connectivity index (χ3n) is 3.64. The van der Waals surface area contributed by atoms with E-state index in [-0.39, 0.29) is 11.7 Å². The predicted molar refractivity (Wildman–Crippen MR) is 101 cm³/mol. The largest absolute Gasteiger partial charge is 0.574 e. The number of rotatable bonds is 7. The molecule has 0 aliphatic rings. The van der Waals surface area contributed by atoms with Gasteiger partial charge in [-0.2, -0.15) is 0 Å². The molecule has 7 nitrogen and oxygen atoms in total. The molecule has 11 heteroatoms. The molecule has 0 aliphatic carbocycles. The minimum atomic E-state index is -4.84. The smallest absolute Gasteiger partial charge is 0.388 e. The van der Waals surface area contributed by atoms with Gasteiger partial charge in [0.25, 0.3) is 0 Å². The maximum Gasteiger partial charge on any atom is 0.574 e. The van der Waals surface area contributed by atoms with Gasteiger partial charge in [-0.1, -0.05) is 30.0 Å². The zero-order valence-electron chi connectivity index (χ0n) is 15.2. The Morgan fingerprint density at radius 1 is 1.21 bits per heavy atom. The van der Waals surface area contributed by atoms with E-state index in [1.807, 2.05) is 25.1 Å². The number of alkyl halides is 3. The lowest BCUT2D eigenvalue weighted by molar-refractivity contribution is -0.276. The van der Waals surface area contributed by atoms with E-state index in [0.717, 1.165) is 6.07 Å². The van der Waals surface area contributed by atoms with Crippen molar-refractivity contribution >= 4 is 23.4 Å². The topological polar surface area (TPSA) is 81.9 Å². The molecule has 0 saturated heterocycles. The Labute approximate surface area is 168 Å². The van der Waals surface area contributed by atoms with Crippen molar-refractivity contribution in [1.82, 2.24) is 19.7 Å². The van der Waals surface area contributed by atoms with Gasteiger partial charge < -0.3 is 14.6 Å². The first kappa shape index (κ1) is 20.6. The molecule has 0 unspecified atom stereocenters. The number of nitrogens with one attached hydrogen (secondary N) is 1. The number of amides is 1. The van der Waals surface area contributed by atoms with E-state index < -0.39 is 12.2 Å². The quantitative estimate of drug-likeness (QED) is 0.579. The summed E-state index contributed by atoms with van der Waals surface area (Å²) >= 11 is 1.18. The molecule has 2 heterocycles. The number of carbonyl (C=O) groups excluding carboxylic acids is 1. The highest BCUT2D eigenvalue weighted by atomic mass is 32.2. The van der Waals surface area contributed by atoms with E-state index in [4.69, 9.17) is 0 Å². The molecule has 29 heavy (non-hydrogen) atoms. The highest BCUT2D eigenvalue weighted by Crippen LogP contribution is 2.28. The second-order valence-electron chi connectivity index (χ2n) is 5.68. The van der Waals surface area contributed by atoms with E-state index >= 15 is 0 Å². The van der Waals surface area contributed by atoms with Gasteiger partial charge in [-0.25, -0.2) is 4.98 Å². The number of ether oxygens (including phenoxy) is 1. The molecule has 1 amide bonds. The fraction of sp³-hybridized carbons (Fsp3) is 0.222. The van der Waals surface area contributed by atoms with E-state index in [1.165, 1.54) is 24.0 Å². The molecule has 3 rings (SSSR count). The molecule has 1 aromatic carbocycles. The Bertz CT molecular complexity index is 979. The molecule has 2 aromatic heterocycles. The SMILES string of the molecule is CCn1c(SCC(=O)Nc2ccccc2)nnc1-c1ccnc(OC(F)(F)F)c1. The maximum atomic E-state index is 12.4. The standard InChI is InChI=1S/C18H16F3N5O2S/c1-2-26-16(12-8-9-22-15(10-12)28-18(19,20)21)24-25-17(26)29-11-14(27)23-13-6-4-3-5-7-13/h3-10H,2,11H2,1H3,(H,23,27). The Kier molecular flexibility index (Phi) is 6.37. The number of halogens is 3. The van der Waals surface area contributed by atoms with Crippen molar-refractivity contribution in [2.45, 2.75) is 25.0 Å². The number of pyridine rings is 1. The Morgan fingerprint density at radius 2 is 1.97 bits per heavy atom. The van der Waals surface area contributed by atoms with Crippen LogP contribution in [0.5, 0.6) is 5.88 Å². The summed E-state index contributed by atoms with van der Waals surface area (Å²) in [6.45, 7) is 2.30. The van der Waals surface area contributed by atoms with Gasteiger partial charge in [0.2, 0.25) is 11.8 Å². The Morgan fingerprint density at radius 3 is 2.66 bits per heavy atom. The third kappa shape index (κ3) is 5.70. The van der Waals surface area contributed by atoms with Crippen LogP contribution in [0.25, 0.3) is 11.4 Å². The molecule has 0 fully saturated rings. The average Bonchev–Trinajstić information content (AvgIpc) is 3.09. The number of nitrogens with zero attached hydrogens (tertiary/aromatic N) is 4. The van der Waals surface area contributed by atoms with Crippen molar-refractivity contribution in [2.75, 3.05) is 11.1 Å². The number of benzene rings is 1. The lowest BCUT2D eigenvalue weighted by Crippen LogP contribution is -2.17. The van der Waals surface area contributed by atoms with Crippen molar-refractivity contribution in [3.05, 3.63) is 48.7 Å². The summed E-state index contributed by atoms with van der Waals surface area (Å²) in [4.78, 5) is 15.7. The molecule has 0 spiro atoms. The first-order chi connectivity index (χ1) is 13.9. The predicted octanol–water partition coefficient (Wildman–Crippen LogP) is 3.99. The van der Waals surface area contributed by atoms with Gasteiger partial charge in [0.15, 0.2) is 11.0 Å². The highest BCUT2D eigenvalue weighted by molar-refractivity contribution is 7.99. The van der Waals surface area contributed by atoms with Crippen LogP contribution in [0.2, 0.25) is 0 Å². The fourth-order valence-electron chi connectivity index (χ4n) is 2.47. The van der Waals surface area contributed by atoms with Crippen LogP contribution in [-0.2, 0) is 11.3 Å². The summed E-state index contributed by atoms with van der Waals surface area (Å²) in [5.41, 5.74) is 1.05. The summed E-state index contributed by atoms with van der Waals surface area (Å²) in [6.07, 6.45) is -3.64. The molecule has 0 saturated carbocycles. The lowest BCUT2D eigenvalue weighted by atomic mass is 10.2. The normalized spacial score (nSPS) is 11.3. The molecule has 0 radical (unpaired) electrons. The lowest BCUT2D eigenvalue weighted by Gasteiger charge is -2.10. The minimum Gasteiger partial charge on any atom is -0.388 e. The van der Waals surface area contributed by atoms with Crippen molar-refractivity contribution in [3.8, 4) is 17.3 Å². The molecule has 3 aromatic rings. The van der Waals surface area contributed by atoms with Crippen LogP contribution in [0.3, 0.4) is 0 Å². The van der Waals surface area contributed by atoms with Crippen molar-refractivity contribution in [1.29, 1.82) is 0 Å². The summed E-state index contributed by atoms with van der Waals surface area (Å²) in [5, 5.41) is 11.4. The van der Waals surface area contributed by atoms with Gasteiger partial charge >= 0.3 is 6.36 Å². The van der Waals surface area contributed by atoms with Crippen LogP contribution in [0.1, 0.15) is 6.92 Å². The second kappa shape index (κ2) is 8.95. The monoisotopic (exact) mass is 423 g/mol. The van der Waals surface area contributed by atoms with Gasteiger partial charge in [0.1, 0.15) is 0 Å². The summed E-state index contributed by atoms with van der Waals surface area (Å²) in [7, 11) is 0. The van der Waals surface area contributed by atoms with Crippen LogP contribution in [0.15, 0.2) is 53.8 Å². The zero-order chi connectivity index (χ0) is 20.9. The average molecular weight is 423 g/mol. The van der Waals surface area contributed by atoms with E-state index in [9.17, 15) is 18.0 Å². The summed E-state index contributed by atoms with van der Waals surface area (Å²) < 4.78 is 42.8. The minimum absolute atomic E-state index is 0.103. The molecular formula is C18H16F3N5O2S. The highest BCUT2D eigenvalue weighted by Gasteiger charge is 2.32. The summed E-state index contributed by atoms with van der Waals surface area (Å²) in [5.74, 6) is -0.339. The van der Waals surface area contributed by atoms with Crippen LogP contribution < -0.4 is 10.1 Å². The number of carbonyl (C=O) groups is 1. The number of aromatic nitrogens is 4. The van der Waals surface area contributed by atoms with Crippen LogP contribution in [0.4, 0.5) is 18.9 Å². The molecule has 1 N–H and O–H groups in total. The van der Waals surface area contributed by atoms with Gasteiger partial charge in [-0.3, -0.25) is 4.79 Å². The molecule has 0 aliphatic heterocycles. The molecular weight excluding hydrogens is 407 g/mol. The number of anilines is 1. The summed E-state index contributed by atoms with van der Waals surface area (Å²) in [6, 6.07) is 11.7. The van der Waals surface area contributed by atoms with Crippen molar-refractivity contribution in [3.63, 3.8) is 0 Å². The van der Waals surface area contributed by atoms with Gasteiger partial charge in [-0.15, -0.1) is 23.4 Å². The Balaban J connectivity index is 1.72. The molecule has 0 bridgehead atoms. The number of para-hydroxylation sites is 1. The van der Waals surface area contributed by atoms with Crippen LogP contribution in [0, 0.1) is 0 Å². The van der Waals surface area contributed by atoms with E-state index in [0.29, 0.717) is 28.8 Å². The molecule has 152 valence electrons. The third-order valence-corrected chi connectivity index (χ3v) is 4.60. The number of hydrogen-bond acceptors (Lipinski definition) is 6. The van der Waals surface area contributed by atoms with Crippen LogP contribution >= 0.6 is 11.8 Å². The zero-order valence-corrected chi connectivity index (χ0v) is 16.0. The van der Waals surface area contributed by atoms with E-state index in [2.05, 4.69) is 25.2 Å². The maximum absolute atomic E-state index is 12.4.